The van der Waals surface area contributed by atoms with Gasteiger partial charge < -0.3 is 10.2 Å². The molecule has 154 valence electrons. The van der Waals surface area contributed by atoms with Gasteiger partial charge in [-0.1, -0.05) is 13.8 Å². The van der Waals surface area contributed by atoms with Crippen LogP contribution in [0.15, 0.2) is 18.3 Å². The lowest BCUT2D eigenvalue weighted by Crippen LogP contribution is -2.37. The number of nitrogens with one attached hydrogen (secondary N) is 1. The van der Waals surface area contributed by atoms with E-state index in [2.05, 4.69) is 30.3 Å². The Labute approximate surface area is 167 Å². The second kappa shape index (κ2) is 8.06. The molecule has 1 aliphatic heterocycles. The molecule has 0 bridgehead atoms. The van der Waals surface area contributed by atoms with Gasteiger partial charge in [0.2, 0.25) is 6.41 Å². The molecule has 29 heavy (non-hydrogen) atoms. The molecule has 8 nitrogen and oxygen atoms in total. The summed E-state index contributed by atoms with van der Waals surface area (Å²) in [7, 11) is 0. The van der Waals surface area contributed by atoms with Crippen LogP contribution in [0.1, 0.15) is 38.7 Å². The number of rotatable bonds is 5. The van der Waals surface area contributed by atoms with Gasteiger partial charge in [0.15, 0.2) is 11.6 Å². The van der Waals surface area contributed by atoms with Crippen molar-refractivity contribution in [3.63, 3.8) is 0 Å². The van der Waals surface area contributed by atoms with Crippen molar-refractivity contribution in [2.45, 2.75) is 40.0 Å². The van der Waals surface area contributed by atoms with Gasteiger partial charge in [-0.15, -0.1) is 5.10 Å². The van der Waals surface area contributed by atoms with E-state index in [-0.39, 0.29) is 17.3 Å². The van der Waals surface area contributed by atoms with Crippen molar-refractivity contribution in [2.75, 3.05) is 23.3 Å². The quantitative estimate of drug-likeness (QED) is 0.657. The summed E-state index contributed by atoms with van der Waals surface area (Å²) in [5.74, 6) is -1.60. The molecule has 0 aromatic carbocycles. The van der Waals surface area contributed by atoms with Crippen LogP contribution in [0.3, 0.4) is 0 Å². The number of amides is 1. The van der Waals surface area contributed by atoms with Crippen molar-refractivity contribution in [1.82, 2.24) is 24.7 Å². The van der Waals surface area contributed by atoms with E-state index < -0.39 is 5.92 Å². The Morgan fingerprint density at radius 3 is 2.52 bits per heavy atom. The molecule has 1 amide bonds. The van der Waals surface area contributed by atoms with Gasteiger partial charge in [0.05, 0.1) is 10.9 Å². The maximum Gasteiger partial charge on any atom is 0.287 e. The SMILES string of the molecule is CC.Cc1nc(-n2nc(N3CCC3)c3cnc(NC=O)cc32)cc(C(C)(F)F)n1. The zero-order chi connectivity index (χ0) is 21.2. The lowest BCUT2D eigenvalue weighted by Gasteiger charge is -2.31. The number of aromatic nitrogens is 5. The van der Waals surface area contributed by atoms with Gasteiger partial charge in [-0.25, -0.2) is 19.6 Å². The summed E-state index contributed by atoms with van der Waals surface area (Å²) in [6, 6.07) is 2.87. The van der Waals surface area contributed by atoms with Crippen molar-refractivity contribution in [1.29, 1.82) is 0 Å². The molecule has 3 aromatic heterocycles. The number of carbonyl (C=O) groups excluding carboxylic acids is 1. The van der Waals surface area contributed by atoms with Crippen LogP contribution in [0.2, 0.25) is 0 Å². The fourth-order valence-electron chi connectivity index (χ4n) is 2.96. The summed E-state index contributed by atoms with van der Waals surface area (Å²) in [5, 5.41) is 7.85. The van der Waals surface area contributed by atoms with Crippen molar-refractivity contribution in [2.24, 2.45) is 0 Å². The highest BCUT2D eigenvalue weighted by molar-refractivity contribution is 5.93. The summed E-state index contributed by atoms with van der Waals surface area (Å²) in [5.41, 5.74) is 0.235. The number of anilines is 2. The highest BCUT2D eigenvalue weighted by Gasteiger charge is 2.29. The molecular weight excluding hydrogens is 380 g/mol. The molecule has 0 atom stereocenters. The Hall–Kier alpha value is -3.17. The second-order valence-electron chi connectivity index (χ2n) is 6.47. The minimum Gasteiger partial charge on any atom is -0.354 e. The summed E-state index contributed by atoms with van der Waals surface area (Å²) >= 11 is 0. The normalized spacial score (nSPS) is 13.5. The number of nitrogens with zero attached hydrogens (tertiary/aromatic N) is 6. The van der Waals surface area contributed by atoms with E-state index in [9.17, 15) is 13.6 Å². The van der Waals surface area contributed by atoms with Crippen LogP contribution in [-0.2, 0) is 10.7 Å². The number of hydrogen-bond acceptors (Lipinski definition) is 6. The first-order valence-corrected chi connectivity index (χ1v) is 9.45. The fraction of sp³-hybridized carbons (Fsp3) is 0.421. The molecule has 3 aromatic rings. The predicted octanol–water partition coefficient (Wildman–Crippen LogP) is 3.44. The zero-order valence-electron chi connectivity index (χ0n) is 16.8. The number of alkyl halides is 2. The van der Waals surface area contributed by atoms with E-state index in [1.165, 1.54) is 10.7 Å². The number of fused-ring (bicyclic) bond motifs is 1. The van der Waals surface area contributed by atoms with Crippen molar-refractivity contribution in [3.8, 4) is 5.82 Å². The lowest BCUT2D eigenvalue weighted by atomic mass is 10.2. The number of pyridine rings is 1. The summed E-state index contributed by atoms with van der Waals surface area (Å²) in [6.45, 7) is 8.08. The van der Waals surface area contributed by atoms with E-state index >= 15 is 0 Å². The molecule has 0 unspecified atom stereocenters. The van der Waals surface area contributed by atoms with Crippen LogP contribution in [0.25, 0.3) is 16.7 Å². The number of carbonyl (C=O) groups is 1. The van der Waals surface area contributed by atoms with Crippen molar-refractivity contribution in [3.05, 3.63) is 29.8 Å². The third-order valence-electron chi connectivity index (χ3n) is 4.40. The largest absolute Gasteiger partial charge is 0.354 e. The molecule has 1 N–H and O–H groups in total. The van der Waals surface area contributed by atoms with Crippen LogP contribution in [0.5, 0.6) is 0 Å². The molecule has 0 spiro atoms. The van der Waals surface area contributed by atoms with Crippen LogP contribution in [-0.4, -0.2) is 44.2 Å². The standard InChI is InChI=1S/C17H17F2N7O.C2H6/c1-10-22-13(17(2,18)19)7-15(23-10)26-12-6-14(21-9-27)20-8-11(12)16(24-26)25-4-3-5-25;1-2/h6-9H,3-5H2,1-2H3,(H,20,21,27);1-2H3. The first kappa shape index (κ1) is 20.6. The van der Waals surface area contributed by atoms with Gasteiger partial charge >= 0.3 is 0 Å². The van der Waals surface area contributed by atoms with Gasteiger partial charge in [0, 0.05) is 38.3 Å². The smallest absolute Gasteiger partial charge is 0.287 e. The Balaban J connectivity index is 0.00000117. The Kier molecular flexibility index (Phi) is 5.71. The first-order chi connectivity index (χ1) is 13.9. The molecular formula is C19H23F2N7O. The molecule has 1 fully saturated rings. The van der Waals surface area contributed by atoms with Gasteiger partial charge in [-0.05, 0) is 13.3 Å². The molecule has 4 rings (SSSR count). The van der Waals surface area contributed by atoms with Gasteiger partial charge in [0.25, 0.3) is 5.92 Å². The predicted molar refractivity (Wildman–Crippen MR) is 107 cm³/mol. The number of aryl methyl sites for hydroxylation is 1. The Morgan fingerprint density at radius 1 is 1.21 bits per heavy atom. The van der Waals surface area contributed by atoms with Crippen LogP contribution >= 0.6 is 0 Å². The maximum absolute atomic E-state index is 13.8. The third-order valence-corrected chi connectivity index (χ3v) is 4.40. The second-order valence-corrected chi connectivity index (χ2v) is 6.47. The molecule has 0 radical (unpaired) electrons. The van der Waals surface area contributed by atoms with Crippen molar-refractivity contribution < 1.29 is 13.6 Å². The van der Waals surface area contributed by atoms with Gasteiger partial charge in [0.1, 0.15) is 17.3 Å². The highest BCUT2D eigenvalue weighted by atomic mass is 19.3. The number of halogens is 2. The number of hydrogen-bond donors (Lipinski definition) is 1. The van der Waals surface area contributed by atoms with Crippen molar-refractivity contribution >= 4 is 28.9 Å². The van der Waals surface area contributed by atoms with E-state index in [0.717, 1.165) is 31.8 Å². The maximum atomic E-state index is 13.8. The summed E-state index contributed by atoms with van der Waals surface area (Å²) in [6.07, 6.45) is 3.20. The summed E-state index contributed by atoms with van der Waals surface area (Å²) < 4.78 is 29.1. The highest BCUT2D eigenvalue weighted by Crippen LogP contribution is 2.32. The lowest BCUT2D eigenvalue weighted by molar-refractivity contribution is -0.105. The van der Waals surface area contributed by atoms with E-state index in [1.807, 2.05) is 13.8 Å². The molecule has 1 saturated heterocycles. The topological polar surface area (TPSA) is 88.8 Å². The van der Waals surface area contributed by atoms with E-state index in [1.54, 1.807) is 19.2 Å². The minimum absolute atomic E-state index is 0.221. The van der Waals surface area contributed by atoms with Gasteiger partial charge in [-0.2, -0.15) is 8.78 Å². The van der Waals surface area contributed by atoms with Crippen LogP contribution in [0.4, 0.5) is 20.4 Å². The minimum atomic E-state index is -3.10. The zero-order valence-corrected chi connectivity index (χ0v) is 16.8. The van der Waals surface area contributed by atoms with E-state index in [0.29, 0.717) is 23.6 Å². The average Bonchev–Trinajstić information content (AvgIpc) is 3.00. The average molecular weight is 403 g/mol. The Morgan fingerprint density at radius 2 is 1.93 bits per heavy atom. The van der Waals surface area contributed by atoms with Crippen LogP contribution < -0.4 is 10.2 Å². The molecule has 0 aliphatic carbocycles. The molecule has 10 heteroatoms. The monoisotopic (exact) mass is 403 g/mol. The fourth-order valence-corrected chi connectivity index (χ4v) is 2.96. The van der Waals surface area contributed by atoms with E-state index in [4.69, 9.17) is 0 Å². The molecule has 4 heterocycles. The van der Waals surface area contributed by atoms with Gasteiger partial charge in [-0.3, -0.25) is 4.79 Å². The summed E-state index contributed by atoms with van der Waals surface area (Å²) in [4.78, 5) is 25.2. The molecule has 1 aliphatic rings. The molecule has 0 saturated carbocycles. The first-order valence-electron chi connectivity index (χ1n) is 9.45. The van der Waals surface area contributed by atoms with Crippen LogP contribution in [0, 0.1) is 6.92 Å². The third kappa shape index (κ3) is 4.01. The Bertz CT molecular complexity index is 1030.